The van der Waals surface area contributed by atoms with Crippen LogP contribution in [0.1, 0.15) is 42.3 Å². The maximum absolute atomic E-state index is 11.5. The summed E-state index contributed by atoms with van der Waals surface area (Å²) in [6.07, 6.45) is 2.33. The number of carbonyl (C=O) groups is 2. The first-order valence-corrected chi connectivity index (χ1v) is 7.17. The molecule has 1 aromatic carbocycles. The van der Waals surface area contributed by atoms with Crippen molar-refractivity contribution in [3.05, 3.63) is 45.0 Å². The van der Waals surface area contributed by atoms with E-state index >= 15 is 0 Å². The predicted octanol–water partition coefficient (Wildman–Crippen LogP) is 3.14. The molecule has 1 amide bonds. The highest BCUT2D eigenvalue weighted by molar-refractivity contribution is 5.97. The molecule has 0 saturated heterocycles. The summed E-state index contributed by atoms with van der Waals surface area (Å²) in [5.74, 6) is -1.38. The molecule has 0 aromatic heterocycles. The summed E-state index contributed by atoms with van der Waals surface area (Å²) in [5, 5.41) is 22.7. The minimum absolute atomic E-state index is 0.0934. The summed E-state index contributed by atoms with van der Waals surface area (Å²) in [4.78, 5) is 33.1. The number of nitro benzene ring substituents is 1. The van der Waals surface area contributed by atoms with Crippen LogP contribution in [0.2, 0.25) is 0 Å². The van der Waals surface area contributed by atoms with Crippen molar-refractivity contribution in [1.29, 1.82) is 0 Å². The van der Waals surface area contributed by atoms with Gasteiger partial charge in [0, 0.05) is 12.6 Å². The molecular weight excluding hydrogens is 316 g/mol. The maximum atomic E-state index is 11.5. The average molecular weight is 336 g/mol. The highest BCUT2D eigenvalue weighted by Gasteiger charge is 2.23. The van der Waals surface area contributed by atoms with Crippen molar-refractivity contribution in [3.63, 3.8) is 0 Å². The van der Waals surface area contributed by atoms with Crippen molar-refractivity contribution in [3.8, 4) is 0 Å². The van der Waals surface area contributed by atoms with Crippen molar-refractivity contribution >= 4 is 23.8 Å². The molecule has 0 spiro atoms. The average Bonchev–Trinajstić information content (AvgIpc) is 2.41. The number of carboxylic acids is 1. The molecular formula is C16H20N2O6. The van der Waals surface area contributed by atoms with Gasteiger partial charge in [0.1, 0.15) is 11.2 Å². The zero-order valence-corrected chi connectivity index (χ0v) is 14.0. The largest absolute Gasteiger partial charge is 0.477 e. The van der Waals surface area contributed by atoms with Crippen LogP contribution in [0, 0.1) is 17.0 Å². The van der Waals surface area contributed by atoms with Gasteiger partial charge in [-0.15, -0.1) is 0 Å². The molecule has 0 heterocycles. The number of aromatic carboxylic acids is 1. The van der Waals surface area contributed by atoms with Crippen molar-refractivity contribution in [2.24, 2.45) is 0 Å². The lowest BCUT2D eigenvalue weighted by Crippen LogP contribution is -2.32. The van der Waals surface area contributed by atoms with Crippen LogP contribution in [0.4, 0.5) is 10.5 Å². The fourth-order valence-corrected chi connectivity index (χ4v) is 1.94. The molecule has 0 bridgehead atoms. The molecule has 2 N–H and O–H groups in total. The Bertz CT molecular complexity index is 689. The third-order valence-electron chi connectivity index (χ3n) is 2.90. The molecule has 1 rings (SSSR count). The summed E-state index contributed by atoms with van der Waals surface area (Å²) < 4.78 is 5.06. The van der Waals surface area contributed by atoms with Gasteiger partial charge in [0.2, 0.25) is 0 Å². The Labute approximate surface area is 139 Å². The topological polar surface area (TPSA) is 119 Å². The van der Waals surface area contributed by atoms with Crippen LogP contribution in [0.15, 0.2) is 18.2 Å². The lowest BCUT2D eigenvalue weighted by Gasteiger charge is -2.19. The van der Waals surface area contributed by atoms with E-state index in [2.05, 4.69) is 5.32 Å². The van der Waals surface area contributed by atoms with Gasteiger partial charge in [-0.05, 0) is 38.8 Å². The number of nitrogens with one attached hydrogen (secondary N) is 1. The summed E-state index contributed by atoms with van der Waals surface area (Å²) in [7, 11) is 0. The lowest BCUT2D eigenvalue weighted by molar-refractivity contribution is -0.385. The molecule has 0 saturated carbocycles. The van der Waals surface area contributed by atoms with Crippen LogP contribution in [-0.4, -0.2) is 34.2 Å². The minimum atomic E-state index is -1.38. The normalized spacial score (nSPS) is 11.3. The monoisotopic (exact) mass is 336 g/mol. The number of nitrogens with zero attached hydrogens (tertiary/aromatic N) is 1. The molecule has 130 valence electrons. The Morgan fingerprint density at radius 2 is 2.00 bits per heavy atom. The quantitative estimate of drug-likeness (QED) is 0.630. The number of alkyl carbamates (subject to hydrolysis) is 1. The van der Waals surface area contributed by atoms with Gasteiger partial charge in [-0.2, -0.15) is 0 Å². The van der Waals surface area contributed by atoms with Gasteiger partial charge in [-0.3, -0.25) is 10.1 Å². The summed E-state index contributed by atoms with van der Waals surface area (Å²) in [6.45, 7) is 6.93. The number of carbonyl (C=O) groups excluding carboxylic acids is 1. The standard InChI is InChI=1S/C16H20N2O6/c1-10-7-8-12(18(22)23)13(14(19)20)11(10)6-5-9-17-15(21)24-16(2,3)4/h5-8H,9H2,1-4H3,(H,17,21)(H,19,20). The number of ether oxygens (including phenoxy) is 1. The zero-order valence-electron chi connectivity index (χ0n) is 14.0. The van der Waals surface area contributed by atoms with E-state index in [1.807, 2.05) is 0 Å². The number of carboxylic acid groups (broad SMARTS) is 1. The molecule has 0 aliphatic carbocycles. The van der Waals surface area contributed by atoms with Crippen LogP contribution < -0.4 is 5.32 Å². The molecule has 8 heteroatoms. The fourth-order valence-electron chi connectivity index (χ4n) is 1.94. The Kier molecular flexibility index (Phi) is 6.05. The number of hydrogen-bond donors (Lipinski definition) is 2. The van der Waals surface area contributed by atoms with E-state index < -0.39 is 28.3 Å². The molecule has 24 heavy (non-hydrogen) atoms. The van der Waals surface area contributed by atoms with Gasteiger partial charge in [0.15, 0.2) is 0 Å². The molecule has 0 aliphatic heterocycles. The second-order valence-corrected chi connectivity index (χ2v) is 6.04. The summed E-state index contributed by atoms with van der Waals surface area (Å²) >= 11 is 0. The van der Waals surface area contributed by atoms with Crippen molar-refractivity contribution in [2.45, 2.75) is 33.3 Å². The Morgan fingerprint density at radius 3 is 2.50 bits per heavy atom. The fraction of sp³-hybridized carbons (Fsp3) is 0.375. The Hall–Kier alpha value is -2.90. The van der Waals surface area contributed by atoms with E-state index in [9.17, 15) is 24.8 Å². The van der Waals surface area contributed by atoms with Gasteiger partial charge in [-0.1, -0.05) is 18.2 Å². The first kappa shape index (κ1) is 19.1. The van der Waals surface area contributed by atoms with Crippen molar-refractivity contribution in [2.75, 3.05) is 6.54 Å². The molecule has 0 unspecified atom stereocenters. The smallest absolute Gasteiger partial charge is 0.407 e. The first-order valence-electron chi connectivity index (χ1n) is 7.17. The Balaban J connectivity index is 2.95. The first-order chi connectivity index (χ1) is 11.0. The molecule has 0 atom stereocenters. The number of benzene rings is 1. The number of aryl methyl sites for hydroxylation is 1. The Morgan fingerprint density at radius 1 is 1.38 bits per heavy atom. The lowest BCUT2D eigenvalue weighted by atomic mass is 9.99. The van der Waals surface area contributed by atoms with E-state index in [1.165, 1.54) is 18.2 Å². The second kappa shape index (κ2) is 7.58. The van der Waals surface area contributed by atoms with Gasteiger partial charge < -0.3 is 15.2 Å². The summed E-state index contributed by atoms with van der Waals surface area (Å²) in [5.41, 5.74) is -0.684. The predicted molar refractivity (Wildman–Crippen MR) is 88.1 cm³/mol. The highest BCUT2D eigenvalue weighted by Crippen LogP contribution is 2.26. The molecule has 0 aliphatic rings. The number of nitro groups is 1. The number of rotatable bonds is 5. The van der Waals surface area contributed by atoms with E-state index in [0.717, 1.165) is 6.07 Å². The highest BCUT2D eigenvalue weighted by atomic mass is 16.6. The third kappa shape index (κ3) is 5.38. The van der Waals surface area contributed by atoms with Gasteiger partial charge in [0.05, 0.1) is 4.92 Å². The zero-order chi connectivity index (χ0) is 18.5. The van der Waals surface area contributed by atoms with Crippen LogP contribution in [0.5, 0.6) is 0 Å². The van der Waals surface area contributed by atoms with Gasteiger partial charge >= 0.3 is 12.1 Å². The van der Waals surface area contributed by atoms with E-state index in [-0.39, 0.29) is 17.7 Å². The van der Waals surface area contributed by atoms with Gasteiger partial charge in [-0.25, -0.2) is 9.59 Å². The SMILES string of the molecule is Cc1ccc([N+](=O)[O-])c(C(=O)O)c1C=CCNC(=O)OC(C)(C)C. The van der Waals surface area contributed by atoms with Crippen LogP contribution in [-0.2, 0) is 4.74 Å². The third-order valence-corrected chi connectivity index (χ3v) is 2.90. The molecule has 8 nitrogen and oxygen atoms in total. The molecule has 0 fully saturated rings. The van der Waals surface area contributed by atoms with E-state index in [0.29, 0.717) is 5.56 Å². The summed E-state index contributed by atoms with van der Waals surface area (Å²) in [6, 6.07) is 2.64. The van der Waals surface area contributed by atoms with Crippen molar-refractivity contribution in [1.82, 2.24) is 5.32 Å². The van der Waals surface area contributed by atoms with Crippen LogP contribution in [0.25, 0.3) is 6.08 Å². The van der Waals surface area contributed by atoms with E-state index in [1.54, 1.807) is 27.7 Å². The van der Waals surface area contributed by atoms with Gasteiger partial charge in [0.25, 0.3) is 5.69 Å². The van der Waals surface area contributed by atoms with E-state index in [4.69, 9.17) is 4.74 Å². The minimum Gasteiger partial charge on any atom is -0.477 e. The molecule has 1 aromatic rings. The number of hydrogen-bond acceptors (Lipinski definition) is 5. The maximum Gasteiger partial charge on any atom is 0.407 e. The van der Waals surface area contributed by atoms with Crippen LogP contribution in [0.3, 0.4) is 0 Å². The number of amides is 1. The second-order valence-electron chi connectivity index (χ2n) is 6.04. The molecule has 0 radical (unpaired) electrons. The van der Waals surface area contributed by atoms with Crippen LogP contribution >= 0.6 is 0 Å². The van der Waals surface area contributed by atoms with Crippen molar-refractivity contribution < 1.29 is 24.4 Å².